The number of rotatable bonds is 6. The van der Waals surface area contributed by atoms with Crippen LogP contribution in [0, 0.1) is 0 Å². The van der Waals surface area contributed by atoms with Gasteiger partial charge < -0.3 is 15.0 Å². The van der Waals surface area contributed by atoms with E-state index in [2.05, 4.69) is 19.9 Å². The molecule has 1 aromatic heterocycles. The standard InChI is InChI=1S/C18H20ClN3O3/c1-4-22(5-2)13-8-9-20-16(11-13)17(23)21-15-10-12(18(24)25-3)6-7-14(15)19/h6-11H,4-5H2,1-3H3,(H,21,23). The number of anilines is 2. The number of carbonyl (C=O) groups is 2. The lowest BCUT2D eigenvalue weighted by Crippen LogP contribution is -2.23. The maximum absolute atomic E-state index is 12.5. The summed E-state index contributed by atoms with van der Waals surface area (Å²) in [7, 11) is 1.29. The van der Waals surface area contributed by atoms with Crippen molar-refractivity contribution < 1.29 is 14.3 Å². The van der Waals surface area contributed by atoms with Crippen LogP contribution in [0.1, 0.15) is 34.7 Å². The van der Waals surface area contributed by atoms with Gasteiger partial charge in [0.1, 0.15) is 5.69 Å². The normalized spacial score (nSPS) is 10.2. The van der Waals surface area contributed by atoms with Gasteiger partial charge >= 0.3 is 5.97 Å². The Kier molecular flexibility index (Phi) is 6.36. The number of benzene rings is 1. The van der Waals surface area contributed by atoms with Crippen molar-refractivity contribution >= 4 is 34.9 Å². The van der Waals surface area contributed by atoms with Crippen LogP contribution < -0.4 is 10.2 Å². The summed E-state index contributed by atoms with van der Waals surface area (Å²) in [4.78, 5) is 30.4. The first kappa shape index (κ1) is 18.7. The number of aromatic nitrogens is 1. The highest BCUT2D eigenvalue weighted by molar-refractivity contribution is 6.34. The van der Waals surface area contributed by atoms with Crippen molar-refractivity contribution in [1.29, 1.82) is 0 Å². The number of halogens is 1. The van der Waals surface area contributed by atoms with Gasteiger partial charge in [-0.3, -0.25) is 9.78 Å². The summed E-state index contributed by atoms with van der Waals surface area (Å²) in [5, 5.41) is 3.01. The third kappa shape index (κ3) is 4.48. The number of amides is 1. The Balaban J connectivity index is 2.25. The fraction of sp³-hybridized carbons (Fsp3) is 0.278. The van der Waals surface area contributed by atoms with Gasteiger partial charge in [-0.2, -0.15) is 0 Å². The molecule has 7 heteroatoms. The van der Waals surface area contributed by atoms with Crippen molar-refractivity contribution in [3.05, 3.63) is 52.8 Å². The Bertz CT molecular complexity index is 776. The summed E-state index contributed by atoms with van der Waals surface area (Å²) in [5.74, 6) is -0.910. The highest BCUT2D eigenvalue weighted by atomic mass is 35.5. The second-order valence-electron chi connectivity index (χ2n) is 5.21. The van der Waals surface area contributed by atoms with E-state index in [9.17, 15) is 9.59 Å². The van der Waals surface area contributed by atoms with E-state index in [1.807, 2.05) is 19.9 Å². The van der Waals surface area contributed by atoms with Crippen LogP contribution in [0.3, 0.4) is 0 Å². The topological polar surface area (TPSA) is 71.5 Å². The van der Waals surface area contributed by atoms with Crippen molar-refractivity contribution in [2.45, 2.75) is 13.8 Å². The maximum atomic E-state index is 12.5. The lowest BCUT2D eigenvalue weighted by molar-refractivity contribution is 0.0600. The summed E-state index contributed by atoms with van der Waals surface area (Å²) in [6.07, 6.45) is 1.59. The number of pyridine rings is 1. The zero-order valence-corrected chi connectivity index (χ0v) is 15.1. The van der Waals surface area contributed by atoms with Gasteiger partial charge in [0.05, 0.1) is 23.4 Å². The largest absolute Gasteiger partial charge is 0.465 e. The molecule has 0 unspecified atom stereocenters. The molecule has 1 aromatic carbocycles. The molecule has 0 bridgehead atoms. The zero-order chi connectivity index (χ0) is 18.4. The lowest BCUT2D eigenvalue weighted by Gasteiger charge is -2.21. The number of methoxy groups -OCH3 is 1. The van der Waals surface area contributed by atoms with Crippen LogP contribution >= 0.6 is 11.6 Å². The molecule has 0 aliphatic heterocycles. The molecule has 2 aromatic rings. The van der Waals surface area contributed by atoms with Crippen molar-refractivity contribution in [2.24, 2.45) is 0 Å². The third-order valence-electron chi connectivity index (χ3n) is 3.74. The minimum Gasteiger partial charge on any atom is -0.465 e. The van der Waals surface area contributed by atoms with E-state index in [1.165, 1.54) is 25.3 Å². The van der Waals surface area contributed by atoms with Crippen LogP contribution in [0.15, 0.2) is 36.5 Å². The monoisotopic (exact) mass is 361 g/mol. The quantitative estimate of drug-likeness (QED) is 0.795. The van der Waals surface area contributed by atoms with Crippen molar-refractivity contribution in [2.75, 3.05) is 30.4 Å². The molecule has 1 amide bonds. The summed E-state index contributed by atoms with van der Waals surface area (Å²) >= 11 is 6.11. The van der Waals surface area contributed by atoms with E-state index in [0.29, 0.717) is 16.3 Å². The number of esters is 1. The van der Waals surface area contributed by atoms with Crippen molar-refractivity contribution in [1.82, 2.24) is 4.98 Å². The van der Waals surface area contributed by atoms with Crippen molar-refractivity contribution in [3.63, 3.8) is 0 Å². The number of carbonyl (C=O) groups excluding carboxylic acids is 2. The smallest absolute Gasteiger partial charge is 0.337 e. The maximum Gasteiger partial charge on any atom is 0.337 e. The van der Waals surface area contributed by atoms with Crippen LogP contribution in [0.25, 0.3) is 0 Å². The molecule has 0 saturated heterocycles. The van der Waals surface area contributed by atoms with Crippen LogP contribution in [0.4, 0.5) is 11.4 Å². The van der Waals surface area contributed by atoms with Gasteiger partial charge in [-0.15, -0.1) is 0 Å². The predicted molar refractivity (Wildman–Crippen MR) is 98.5 cm³/mol. The molecule has 6 nitrogen and oxygen atoms in total. The minimum atomic E-state index is -0.506. The molecule has 1 N–H and O–H groups in total. The fourth-order valence-electron chi connectivity index (χ4n) is 2.38. The number of nitrogens with one attached hydrogen (secondary N) is 1. The van der Waals surface area contributed by atoms with Gasteiger partial charge in [-0.05, 0) is 44.2 Å². The summed E-state index contributed by atoms with van der Waals surface area (Å²) in [6, 6.07) is 8.11. The average molecular weight is 362 g/mol. The summed E-state index contributed by atoms with van der Waals surface area (Å²) in [6.45, 7) is 5.74. The first-order chi connectivity index (χ1) is 12.0. The first-order valence-electron chi connectivity index (χ1n) is 7.90. The van der Waals surface area contributed by atoms with E-state index < -0.39 is 11.9 Å². The third-order valence-corrected chi connectivity index (χ3v) is 4.07. The molecule has 1 heterocycles. The molecule has 0 spiro atoms. The molecule has 0 atom stereocenters. The highest BCUT2D eigenvalue weighted by Gasteiger charge is 2.14. The Morgan fingerprint density at radius 2 is 1.92 bits per heavy atom. The molecule has 2 rings (SSSR count). The summed E-state index contributed by atoms with van der Waals surface area (Å²) < 4.78 is 4.67. The van der Waals surface area contributed by atoms with E-state index in [-0.39, 0.29) is 5.69 Å². The van der Waals surface area contributed by atoms with Gasteiger partial charge in [-0.25, -0.2) is 4.79 Å². The van der Waals surface area contributed by atoms with Crippen LogP contribution in [-0.4, -0.2) is 37.1 Å². The molecule has 0 fully saturated rings. The predicted octanol–water partition coefficient (Wildman–Crippen LogP) is 3.62. The van der Waals surface area contributed by atoms with E-state index in [4.69, 9.17) is 11.6 Å². The van der Waals surface area contributed by atoms with E-state index >= 15 is 0 Å². The van der Waals surface area contributed by atoms with Gasteiger partial charge in [0, 0.05) is 25.0 Å². The van der Waals surface area contributed by atoms with Crippen LogP contribution in [0.5, 0.6) is 0 Å². The Morgan fingerprint density at radius 1 is 1.20 bits per heavy atom. The van der Waals surface area contributed by atoms with E-state index in [0.717, 1.165) is 18.8 Å². The van der Waals surface area contributed by atoms with Gasteiger partial charge in [0.25, 0.3) is 5.91 Å². The molecule has 0 saturated carbocycles. The number of ether oxygens (including phenoxy) is 1. The van der Waals surface area contributed by atoms with Crippen molar-refractivity contribution in [3.8, 4) is 0 Å². The van der Waals surface area contributed by atoms with Crippen LogP contribution in [0.2, 0.25) is 5.02 Å². The fourth-order valence-corrected chi connectivity index (χ4v) is 2.55. The van der Waals surface area contributed by atoms with Gasteiger partial charge in [0.15, 0.2) is 0 Å². The Hall–Kier alpha value is -2.60. The SMILES string of the molecule is CCN(CC)c1ccnc(C(=O)Nc2cc(C(=O)OC)ccc2Cl)c1. The molecule has 0 aliphatic carbocycles. The second-order valence-corrected chi connectivity index (χ2v) is 5.62. The molecule has 0 aliphatic rings. The Morgan fingerprint density at radius 3 is 2.56 bits per heavy atom. The summed E-state index contributed by atoms with van der Waals surface area (Å²) in [5.41, 5.74) is 1.81. The number of nitrogens with zero attached hydrogens (tertiary/aromatic N) is 2. The molecule has 0 radical (unpaired) electrons. The first-order valence-corrected chi connectivity index (χ1v) is 8.28. The average Bonchev–Trinajstić information content (AvgIpc) is 2.64. The highest BCUT2D eigenvalue weighted by Crippen LogP contribution is 2.24. The molecule has 132 valence electrons. The van der Waals surface area contributed by atoms with Gasteiger partial charge in [-0.1, -0.05) is 11.6 Å². The van der Waals surface area contributed by atoms with Gasteiger partial charge in [0.2, 0.25) is 0 Å². The zero-order valence-electron chi connectivity index (χ0n) is 14.4. The molecular formula is C18H20ClN3O3. The number of hydrogen-bond donors (Lipinski definition) is 1. The second kappa shape index (κ2) is 8.48. The number of hydrogen-bond acceptors (Lipinski definition) is 5. The minimum absolute atomic E-state index is 0.268. The molecule has 25 heavy (non-hydrogen) atoms. The molecular weight excluding hydrogens is 342 g/mol. The Labute approximate surface area is 151 Å². The van der Waals surface area contributed by atoms with Crippen LogP contribution in [-0.2, 0) is 4.74 Å². The lowest BCUT2D eigenvalue weighted by atomic mass is 10.2. The van der Waals surface area contributed by atoms with E-state index in [1.54, 1.807) is 12.3 Å².